The lowest BCUT2D eigenvalue weighted by Crippen LogP contribution is -2.25. The van der Waals surface area contributed by atoms with Gasteiger partial charge in [-0.05, 0) is 17.7 Å². The van der Waals surface area contributed by atoms with Gasteiger partial charge in [-0.25, -0.2) is 0 Å². The molecule has 0 aliphatic carbocycles. The minimum atomic E-state index is -0.832. The SMILES string of the molecule is CC(=O)NC[C@H](O)c1ccc2c(c1)OCCOCCOCCOCCO2. The maximum Gasteiger partial charge on any atom is 0.216 e. The summed E-state index contributed by atoms with van der Waals surface area (Å²) in [4.78, 5) is 11.0. The molecule has 146 valence electrons. The van der Waals surface area contributed by atoms with Gasteiger partial charge in [-0.2, -0.15) is 0 Å². The molecule has 1 aliphatic heterocycles. The molecule has 1 aliphatic rings. The Labute approximate surface area is 153 Å². The van der Waals surface area contributed by atoms with Crippen LogP contribution in [0.1, 0.15) is 18.6 Å². The minimum absolute atomic E-state index is 0.131. The molecule has 1 aromatic carbocycles. The first-order valence-electron chi connectivity index (χ1n) is 8.72. The van der Waals surface area contributed by atoms with Crippen molar-refractivity contribution >= 4 is 5.91 Å². The molecule has 26 heavy (non-hydrogen) atoms. The molecule has 0 bridgehead atoms. The van der Waals surface area contributed by atoms with E-state index in [-0.39, 0.29) is 12.5 Å². The molecule has 2 N–H and O–H groups in total. The van der Waals surface area contributed by atoms with E-state index >= 15 is 0 Å². The lowest BCUT2D eigenvalue weighted by molar-refractivity contribution is -0.119. The summed E-state index contributed by atoms with van der Waals surface area (Å²) in [6, 6.07) is 5.20. The quantitative estimate of drug-likeness (QED) is 0.809. The van der Waals surface area contributed by atoms with Crippen molar-refractivity contribution in [1.29, 1.82) is 0 Å². The van der Waals surface area contributed by atoms with Crippen LogP contribution in [0.15, 0.2) is 18.2 Å². The molecule has 2 rings (SSSR count). The van der Waals surface area contributed by atoms with Crippen LogP contribution >= 0.6 is 0 Å². The van der Waals surface area contributed by atoms with Crippen LogP contribution in [0.3, 0.4) is 0 Å². The average Bonchev–Trinajstić information content (AvgIpc) is 2.64. The Morgan fingerprint density at radius 2 is 1.50 bits per heavy atom. The van der Waals surface area contributed by atoms with Gasteiger partial charge in [0, 0.05) is 13.5 Å². The van der Waals surface area contributed by atoms with Gasteiger partial charge in [-0.3, -0.25) is 4.79 Å². The van der Waals surface area contributed by atoms with Gasteiger partial charge in [0.1, 0.15) is 13.2 Å². The third kappa shape index (κ3) is 7.57. The molecule has 1 aromatic rings. The first-order valence-corrected chi connectivity index (χ1v) is 8.72. The summed E-state index contributed by atoms with van der Waals surface area (Å²) in [5, 5.41) is 12.8. The second-order valence-corrected chi connectivity index (χ2v) is 5.69. The molecule has 0 saturated carbocycles. The van der Waals surface area contributed by atoms with E-state index in [0.29, 0.717) is 69.9 Å². The van der Waals surface area contributed by atoms with Crippen LogP contribution in [0, 0.1) is 0 Å². The second-order valence-electron chi connectivity index (χ2n) is 5.69. The first-order chi connectivity index (χ1) is 12.7. The molecular weight excluding hydrogens is 342 g/mol. The normalized spacial score (nSPS) is 18.2. The molecule has 8 heteroatoms. The molecule has 0 unspecified atom stereocenters. The number of carbonyl (C=O) groups is 1. The Hall–Kier alpha value is -1.87. The first kappa shape index (κ1) is 20.4. The Morgan fingerprint density at radius 1 is 0.962 bits per heavy atom. The van der Waals surface area contributed by atoms with E-state index in [9.17, 15) is 9.90 Å². The summed E-state index contributed by atoms with van der Waals surface area (Å²) < 4.78 is 27.7. The van der Waals surface area contributed by atoms with E-state index in [2.05, 4.69) is 5.32 Å². The van der Waals surface area contributed by atoms with E-state index in [1.807, 2.05) is 0 Å². The van der Waals surface area contributed by atoms with Gasteiger partial charge in [0.25, 0.3) is 0 Å². The maximum atomic E-state index is 11.0. The fourth-order valence-corrected chi connectivity index (χ4v) is 2.29. The molecule has 0 aromatic heterocycles. The summed E-state index contributed by atoms with van der Waals surface area (Å²) in [7, 11) is 0. The summed E-state index contributed by atoms with van der Waals surface area (Å²) in [5.74, 6) is 0.883. The molecule has 1 heterocycles. The molecular formula is C18H27NO7. The number of carbonyl (C=O) groups excluding carboxylic acids is 1. The van der Waals surface area contributed by atoms with Gasteiger partial charge < -0.3 is 34.1 Å². The zero-order chi connectivity index (χ0) is 18.6. The fraction of sp³-hybridized carbons (Fsp3) is 0.611. The van der Waals surface area contributed by atoms with Crippen molar-refractivity contribution in [3.05, 3.63) is 23.8 Å². The zero-order valence-corrected chi connectivity index (χ0v) is 15.1. The smallest absolute Gasteiger partial charge is 0.216 e. The van der Waals surface area contributed by atoms with Crippen molar-refractivity contribution in [3.63, 3.8) is 0 Å². The maximum absolute atomic E-state index is 11.0. The highest BCUT2D eigenvalue weighted by Crippen LogP contribution is 2.30. The number of hydrogen-bond donors (Lipinski definition) is 2. The number of rotatable bonds is 3. The number of aliphatic hydroxyl groups excluding tert-OH is 1. The Kier molecular flexibility index (Phi) is 9.19. The van der Waals surface area contributed by atoms with E-state index in [1.165, 1.54) is 6.92 Å². The van der Waals surface area contributed by atoms with Crippen LogP contribution < -0.4 is 14.8 Å². The third-order valence-corrected chi connectivity index (χ3v) is 3.61. The minimum Gasteiger partial charge on any atom is -0.487 e. The largest absolute Gasteiger partial charge is 0.487 e. The summed E-state index contributed by atoms with van der Waals surface area (Å²) in [6.07, 6.45) is -0.832. The number of benzene rings is 1. The van der Waals surface area contributed by atoms with Crippen molar-refractivity contribution in [2.45, 2.75) is 13.0 Å². The summed E-state index contributed by atoms with van der Waals surface area (Å²) >= 11 is 0. The molecule has 1 amide bonds. The van der Waals surface area contributed by atoms with Gasteiger partial charge in [0.15, 0.2) is 11.5 Å². The number of fused-ring (bicyclic) bond motifs is 1. The van der Waals surface area contributed by atoms with Crippen LogP contribution in [0.5, 0.6) is 11.5 Å². The van der Waals surface area contributed by atoms with Gasteiger partial charge in [0.2, 0.25) is 5.91 Å². The molecule has 0 saturated heterocycles. The fourth-order valence-electron chi connectivity index (χ4n) is 2.29. The van der Waals surface area contributed by atoms with Crippen LogP contribution in [0.2, 0.25) is 0 Å². The summed E-state index contributed by atoms with van der Waals surface area (Å²) in [5.41, 5.74) is 0.629. The van der Waals surface area contributed by atoms with E-state index < -0.39 is 6.10 Å². The number of amides is 1. The molecule has 0 spiro atoms. The van der Waals surface area contributed by atoms with Gasteiger partial charge >= 0.3 is 0 Å². The van der Waals surface area contributed by atoms with E-state index in [4.69, 9.17) is 23.7 Å². The van der Waals surface area contributed by atoms with E-state index in [0.717, 1.165) is 0 Å². The standard InChI is InChI=1S/C18H27NO7/c1-14(20)19-13-16(21)15-2-3-17-18(12-15)26-11-9-24-7-5-22-4-6-23-8-10-25-17/h2-3,12,16,21H,4-11,13H2,1H3,(H,19,20)/t16-/m0/s1. The monoisotopic (exact) mass is 369 g/mol. The second kappa shape index (κ2) is 11.7. The molecule has 0 radical (unpaired) electrons. The van der Waals surface area contributed by atoms with Crippen molar-refractivity contribution < 1.29 is 33.6 Å². The average molecular weight is 369 g/mol. The van der Waals surface area contributed by atoms with Crippen LogP contribution in [-0.4, -0.2) is 70.4 Å². The number of hydrogen-bond acceptors (Lipinski definition) is 7. The van der Waals surface area contributed by atoms with Gasteiger partial charge in [-0.15, -0.1) is 0 Å². The Balaban J connectivity index is 2.02. The zero-order valence-electron chi connectivity index (χ0n) is 15.1. The molecule has 0 fully saturated rings. The Bertz CT molecular complexity index is 552. The predicted octanol–water partition coefficient (Wildman–Crippen LogP) is 0.677. The van der Waals surface area contributed by atoms with E-state index in [1.54, 1.807) is 18.2 Å². The van der Waals surface area contributed by atoms with Crippen molar-refractivity contribution in [1.82, 2.24) is 5.32 Å². The van der Waals surface area contributed by atoms with Crippen LogP contribution in [-0.2, 0) is 19.0 Å². The Morgan fingerprint density at radius 3 is 2.08 bits per heavy atom. The number of aliphatic hydroxyl groups is 1. The highest BCUT2D eigenvalue weighted by atomic mass is 16.6. The van der Waals surface area contributed by atoms with Crippen molar-refractivity contribution in [2.24, 2.45) is 0 Å². The van der Waals surface area contributed by atoms with Crippen molar-refractivity contribution in [2.75, 3.05) is 59.4 Å². The highest BCUT2D eigenvalue weighted by molar-refractivity contribution is 5.72. The topological polar surface area (TPSA) is 95.5 Å². The highest BCUT2D eigenvalue weighted by Gasteiger charge is 2.13. The molecule has 8 nitrogen and oxygen atoms in total. The van der Waals surface area contributed by atoms with Crippen LogP contribution in [0.25, 0.3) is 0 Å². The van der Waals surface area contributed by atoms with Crippen molar-refractivity contribution in [3.8, 4) is 11.5 Å². The number of nitrogens with one attached hydrogen (secondary N) is 1. The lowest BCUT2D eigenvalue weighted by atomic mass is 10.1. The summed E-state index contributed by atoms with van der Waals surface area (Å²) in [6.45, 7) is 5.13. The number of ether oxygens (including phenoxy) is 5. The van der Waals surface area contributed by atoms with Gasteiger partial charge in [-0.1, -0.05) is 6.07 Å². The lowest BCUT2D eigenvalue weighted by Gasteiger charge is -2.17. The predicted molar refractivity (Wildman–Crippen MR) is 93.5 cm³/mol. The van der Waals surface area contributed by atoms with Crippen LogP contribution in [0.4, 0.5) is 0 Å². The third-order valence-electron chi connectivity index (χ3n) is 3.61. The van der Waals surface area contributed by atoms with Gasteiger partial charge in [0.05, 0.1) is 45.7 Å². The molecule has 1 atom stereocenters.